The normalized spacial score (nSPS) is 20.7. The Kier molecular flexibility index (Phi) is 5.77. The first-order valence-corrected chi connectivity index (χ1v) is 10.0. The number of carbonyl (C=O) groups is 2. The zero-order chi connectivity index (χ0) is 22.8. The van der Waals surface area contributed by atoms with Gasteiger partial charge in [0.05, 0.1) is 24.5 Å². The number of carbonyl (C=O) groups excluding carboxylic acids is 1. The number of aliphatic hydroxyl groups is 1. The van der Waals surface area contributed by atoms with Gasteiger partial charge < -0.3 is 36.3 Å². The minimum Gasteiger partial charge on any atom is -0.482 e. The van der Waals surface area contributed by atoms with Crippen molar-refractivity contribution in [1.29, 1.82) is 0 Å². The number of benzene rings is 1. The molecule has 4 rings (SSSR count). The highest BCUT2D eigenvalue weighted by atomic mass is 16.5. The molecule has 0 spiro atoms. The first-order valence-electron chi connectivity index (χ1n) is 10.0. The Morgan fingerprint density at radius 1 is 1.19 bits per heavy atom. The van der Waals surface area contributed by atoms with E-state index in [0.29, 0.717) is 35.3 Å². The van der Waals surface area contributed by atoms with Gasteiger partial charge >= 0.3 is 5.97 Å². The number of nitrogens with two attached hydrogens (primary N) is 2. The molecule has 1 aromatic carbocycles. The first-order chi connectivity index (χ1) is 15.3. The van der Waals surface area contributed by atoms with Crippen LogP contribution in [0.5, 0.6) is 5.75 Å². The summed E-state index contributed by atoms with van der Waals surface area (Å²) >= 11 is 0. The quantitative estimate of drug-likeness (QED) is 0.356. The van der Waals surface area contributed by atoms with Crippen molar-refractivity contribution in [2.75, 3.05) is 18.1 Å². The Morgan fingerprint density at radius 3 is 2.66 bits per heavy atom. The molecule has 32 heavy (non-hydrogen) atoms. The summed E-state index contributed by atoms with van der Waals surface area (Å²) in [5, 5.41) is 22.6. The van der Waals surface area contributed by atoms with E-state index in [-0.39, 0.29) is 23.7 Å². The molecule has 168 valence electrons. The standard InChI is InChI=1S/C20H23N7O5/c21-17-15-18(26-20(22)25-17)27(9-23-15)13-3-1-2-12(16(13)30)24-19(31)10-4-6-11(7-5-10)32-8-14(28)29/h4-7,9,12-13,16,30H,1-3,8H2,(H,24,31)(H,28,29)(H4,21,22,25,26)/t12-,13-,16-/m1/s1. The van der Waals surface area contributed by atoms with Crippen molar-refractivity contribution in [3.8, 4) is 5.75 Å². The van der Waals surface area contributed by atoms with E-state index in [4.69, 9.17) is 21.3 Å². The van der Waals surface area contributed by atoms with Crippen LogP contribution in [0.2, 0.25) is 0 Å². The molecule has 1 fully saturated rings. The van der Waals surface area contributed by atoms with Gasteiger partial charge in [0.2, 0.25) is 5.95 Å². The van der Waals surface area contributed by atoms with Gasteiger partial charge in [0.1, 0.15) is 11.3 Å². The molecule has 3 atom stereocenters. The number of carboxylic acid groups (broad SMARTS) is 1. The second kappa shape index (κ2) is 8.67. The topological polar surface area (TPSA) is 192 Å². The van der Waals surface area contributed by atoms with Crippen molar-refractivity contribution in [3.05, 3.63) is 36.2 Å². The van der Waals surface area contributed by atoms with Gasteiger partial charge in [-0.05, 0) is 43.5 Å². The van der Waals surface area contributed by atoms with Crippen LogP contribution < -0.4 is 21.5 Å². The third-order valence-corrected chi connectivity index (χ3v) is 5.44. The fourth-order valence-electron chi connectivity index (χ4n) is 3.92. The Bertz CT molecular complexity index is 1150. The number of aliphatic carboxylic acids is 1. The molecule has 0 bridgehead atoms. The number of imidazole rings is 1. The molecule has 0 aliphatic heterocycles. The molecule has 1 aliphatic rings. The van der Waals surface area contributed by atoms with Gasteiger partial charge in [0.15, 0.2) is 18.1 Å². The fraction of sp³-hybridized carbons (Fsp3) is 0.350. The molecule has 0 radical (unpaired) electrons. The summed E-state index contributed by atoms with van der Waals surface area (Å²) < 4.78 is 6.79. The Morgan fingerprint density at radius 2 is 1.94 bits per heavy atom. The summed E-state index contributed by atoms with van der Waals surface area (Å²) in [5.74, 6) is -0.921. The van der Waals surface area contributed by atoms with Crippen molar-refractivity contribution in [2.45, 2.75) is 37.5 Å². The number of nitrogens with one attached hydrogen (secondary N) is 1. The molecule has 1 saturated carbocycles. The lowest BCUT2D eigenvalue weighted by Gasteiger charge is -2.36. The van der Waals surface area contributed by atoms with Gasteiger partial charge in [-0.3, -0.25) is 4.79 Å². The van der Waals surface area contributed by atoms with E-state index in [1.54, 1.807) is 10.9 Å². The molecule has 0 saturated heterocycles. The van der Waals surface area contributed by atoms with Crippen LogP contribution in [0, 0.1) is 0 Å². The van der Waals surface area contributed by atoms with E-state index in [9.17, 15) is 14.7 Å². The summed E-state index contributed by atoms with van der Waals surface area (Å²) in [7, 11) is 0. The van der Waals surface area contributed by atoms with Crippen molar-refractivity contribution in [1.82, 2.24) is 24.8 Å². The highest BCUT2D eigenvalue weighted by molar-refractivity contribution is 5.94. The number of anilines is 2. The lowest BCUT2D eigenvalue weighted by atomic mass is 9.87. The summed E-state index contributed by atoms with van der Waals surface area (Å²) in [6, 6.07) is 5.24. The maximum Gasteiger partial charge on any atom is 0.341 e. The third-order valence-electron chi connectivity index (χ3n) is 5.44. The van der Waals surface area contributed by atoms with Crippen LogP contribution in [-0.2, 0) is 4.79 Å². The number of nitrogens with zero attached hydrogens (tertiary/aromatic N) is 4. The highest BCUT2D eigenvalue weighted by Crippen LogP contribution is 2.32. The number of ether oxygens (including phenoxy) is 1. The van der Waals surface area contributed by atoms with Crippen LogP contribution in [0.3, 0.4) is 0 Å². The Hall–Kier alpha value is -3.93. The fourth-order valence-corrected chi connectivity index (χ4v) is 3.92. The highest BCUT2D eigenvalue weighted by Gasteiger charge is 2.35. The van der Waals surface area contributed by atoms with Gasteiger partial charge in [0.25, 0.3) is 5.91 Å². The van der Waals surface area contributed by atoms with Gasteiger partial charge in [-0.2, -0.15) is 9.97 Å². The lowest BCUT2D eigenvalue weighted by Crippen LogP contribution is -2.49. The smallest absolute Gasteiger partial charge is 0.341 e. The number of amides is 1. The van der Waals surface area contributed by atoms with E-state index in [0.717, 1.165) is 6.42 Å². The average Bonchev–Trinajstić information content (AvgIpc) is 3.18. The molecule has 2 heterocycles. The first kappa shape index (κ1) is 21.3. The second-order valence-electron chi connectivity index (χ2n) is 7.57. The number of rotatable bonds is 6. The minimum atomic E-state index is -1.09. The predicted molar refractivity (Wildman–Crippen MR) is 114 cm³/mol. The molecule has 2 aromatic heterocycles. The molecule has 1 aliphatic carbocycles. The molecular weight excluding hydrogens is 418 g/mol. The van der Waals surface area contributed by atoms with Gasteiger partial charge in [-0.15, -0.1) is 0 Å². The number of aromatic nitrogens is 4. The second-order valence-corrected chi connectivity index (χ2v) is 7.57. The third kappa shape index (κ3) is 4.25. The maximum absolute atomic E-state index is 12.7. The zero-order valence-corrected chi connectivity index (χ0v) is 17.0. The van der Waals surface area contributed by atoms with E-state index in [2.05, 4.69) is 20.3 Å². The van der Waals surface area contributed by atoms with E-state index in [1.165, 1.54) is 24.3 Å². The molecule has 7 N–H and O–H groups in total. The molecule has 12 heteroatoms. The number of hydrogen-bond acceptors (Lipinski definition) is 9. The molecule has 3 aromatic rings. The number of hydrogen-bond donors (Lipinski definition) is 5. The summed E-state index contributed by atoms with van der Waals surface area (Å²) in [4.78, 5) is 35.6. The monoisotopic (exact) mass is 441 g/mol. The lowest BCUT2D eigenvalue weighted by molar-refractivity contribution is -0.139. The number of aliphatic hydroxyl groups excluding tert-OH is 1. The van der Waals surface area contributed by atoms with Crippen molar-refractivity contribution >= 4 is 34.8 Å². The van der Waals surface area contributed by atoms with Crippen molar-refractivity contribution < 1.29 is 24.5 Å². The molecule has 0 unspecified atom stereocenters. The zero-order valence-electron chi connectivity index (χ0n) is 17.0. The van der Waals surface area contributed by atoms with Crippen LogP contribution in [0.25, 0.3) is 11.2 Å². The van der Waals surface area contributed by atoms with Crippen LogP contribution in [0.4, 0.5) is 11.8 Å². The molecule has 12 nitrogen and oxygen atoms in total. The number of carboxylic acids is 1. The summed E-state index contributed by atoms with van der Waals surface area (Å²) in [6.45, 7) is -0.466. The van der Waals surface area contributed by atoms with Crippen LogP contribution in [0.15, 0.2) is 30.6 Å². The Balaban J connectivity index is 1.47. The van der Waals surface area contributed by atoms with Crippen molar-refractivity contribution in [2.24, 2.45) is 0 Å². The SMILES string of the molecule is Nc1nc(N)c2ncn([C@@H]3CCC[C@@H](NC(=O)c4ccc(OCC(=O)O)cc4)[C@H]3O)c2n1. The van der Waals surface area contributed by atoms with Crippen molar-refractivity contribution in [3.63, 3.8) is 0 Å². The Labute approximate surface area is 182 Å². The van der Waals surface area contributed by atoms with Crippen LogP contribution in [0.1, 0.15) is 35.7 Å². The largest absolute Gasteiger partial charge is 0.482 e. The minimum absolute atomic E-state index is 0.0164. The van der Waals surface area contributed by atoms with Gasteiger partial charge in [-0.25, -0.2) is 9.78 Å². The van der Waals surface area contributed by atoms with Crippen LogP contribution >= 0.6 is 0 Å². The van der Waals surface area contributed by atoms with E-state index < -0.39 is 24.7 Å². The maximum atomic E-state index is 12.7. The van der Waals surface area contributed by atoms with E-state index in [1.807, 2.05) is 0 Å². The summed E-state index contributed by atoms with van der Waals surface area (Å²) in [6.07, 6.45) is 2.70. The molecular formula is C20H23N7O5. The van der Waals surface area contributed by atoms with E-state index >= 15 is 0 Å². The van der Waals surface area contributed by atoms with Gasteiger partial charge in [-0.1, -0.05) is 0 Å². The number of nitrogen functional groups attached to an aromatic ring is 2. The number of fused-ring (bicyclic) bond motifs is 1. The molecule has 1 amide bonds. The average molecular weight is 441 g/mol. The predicted octanol–water partition coefficient (Wildman–Crippen LogP) is 0.339. The summed E-state index contributed by atoms with van der Waals surface area (Å²) in [5.41, 5.74) is 12.8. The van der Waals surface area contributed by atoms with Crippen LogP contribution in [-0.4, -0.2) is 60.4 Å². The van der Waals surface area contributed by atoms with Gasteiger partial charge in [0, 0.05) is 5.56 Å².